The van der Waals surface area contributed by atoms with Crippen molar-refractivity contribution in [3.05, 3.63) is 16.5 Å². The zero-order valence-electron chi connectivity index (χ0n) is 9.70. The first kappa shape index (κ1) is 11.8. The molecule has 1 N–H and O–H groups in total. The van der Waals surface area contributed by atoms with E-state index in [1.54, 1.807) is 0 Å². The van der Waals surface area contributed by atoms with Gasteiger partial charge in [-0.2, -0.15) is 0 Å². The summed E-state index contributed by atoms with van der Waals surface area (Å²) in [5.74, 6) is 2.49. The van der Waals surface area contributed by atoms with Crippen LogP contribution in [0.3, 0.4) is 0 Å². The molecule has 1 saturated carbocycles. The van der Waals surface area contributed by atoms with E-state index in [9.17, 15) is 0 Å². The summed E-state index contributed by atoms with van der Waals surface area (Å²) in [6, 6.07) is 1.93. The van der Waals surface area contributed by atoms with E-state index in [1.165, 1.54) is 12.8 Å². The van der Waals surface area contributed by atoms with Gasteiger partial charge in [0.2, 0.25) is 0 Å². The number of hydrogen-bond donors (Lipinski definition) is 1. The zero-order valence-corrected chi connectivity index (χ0v) is 11.3. The smallest absolute Gasteiger partial charge is 0.135 e. The Bertz CT molecular complexity index is 363. The third-order valence-electron chi connectivity index (χ3n) is 2.52. The van der Waals surface area contributed by atoms with Gasteiger partial charge in [0.1, 0.15) is 16.2 Å². The number of hydrogen-bond acceptors (Lipinski definition) is 4. The average Bonchev–Trinajstić information content (AvgIpc) is 2.99. The second-order valence-corrected chi connectivity index (χ2v) is 5.25. The maximum atomic E-state index is 4.52. The van der Waals surface area contributed by atoms with Crippen molar-refractivity contribution in [1.29, 1.82) is 0 Å². The van der Waals surface area contributed by atoms with Crippen molar-refractivity contribution in [2.75, 3.05) is 32.5 Å². The van der Waals surface area contributed by atoms with Crippen molar-refractivity contribution in [3.63, 3.8) is 0 Å². The number of nitrogens with one attached hydrogen (secondary N) is 1. The van der Waals surface area contributed by atoms with E-state index in [1.807, 2.05) is 6.07 Å². The van der Waals surface area contributed by atoms with Crippen molar-refractivity contribution in [1.82, 2.24) is 14.9 Å². The largest absolute Gasteiger partial charge is 0.369 e. The van der Waals surface area contributed by atoms with Gasteiger partial charge in [-0.05, 0) is 42.9 Å². The minimum Gasteiger partial charge on any atom is -0.369 e. The number of likely N-dealkylation sites (N-methyl/N-ethyl adjacent to an activating group) is 1. The van der Waals surface area contributed by atoms with Crippen LogP contribution in [0.4, 0.5) is 5.82 Å². The van der Waals surface area contributed by atoms with Gasteiger partial charge >= 0.3 is 0 Å². The molecule has 2 rings (SSSR count). The molecule has 0 atom stereocenters. The summed E-state index contributed by atoms with van der Waals surface area (Å²) in [6.45, 7) is 1.90. The topological polar surface area (TPSA) is 41.0 Å². The molecule has 0 amide bonds. The average molecular weight is 285 g/mol. The molecule has 0 radical (unpaired) electrons. The Morgan fingerprint density at radius 1 is 1.44 bits per heavy atom. The molecule has 4 nitrogen and oxygen atoms in total. The SMILES string of the molecule is CN(C)CCNc1cc(Br)nc(C2CC2)n1. The lowest BCUT2D eigenvalue weighted by molar-refractivity contribution is 0.425. The first-order chi connectivity index (χ1) is 7.65. The molecule has 0 bridgehead atoms. The van der Waals surface area contributed by atoms with Gasteiger partial charge in [-0.1, -0.05) is 0 Å². The Kier molecular flexibility index (Phi) is 3.76. The molecule has 1 aliphatic rings. The third-order valence-corrected chi connectivity index (χ3v) is 2.93. The van der Waals surface area contributed by atoms with E-state index < -0.39 is 0 Å². The van der Waals surface area contributed by atoms with Crippen LogP contribution >= 0.6 is 15.9 Å². The Morgan fingerprint density at radius 3 is 2.81 bits per heavy atom. The molecule has 1 heterocycles. The minimum atomic E-state index is 0.590. The molecular weight excluding hydrogens is 268 g/mol. The van der Waals surface area contributed by atoms with Gasteiger partial charge in [0.25, 0.3) is 0 Å². The van der Waals surface area contributed by atoms with Crippen LogP contribution in [0.2, 0.25) is 0 Å². The summed E-state index contributed by atoms with van der Waals surface area (Å²) in [5.41, 5.74) is 0. The third kappa shape index (κ3) is 3.42. The molecule has 0 aromatic carbocycles. The quantitative estimate of drug-likeness (QED) is 0.841. The molecule has 5 heteroatoms. The van der Waals surface area contributed by atoms with E-state index in [2.05, 4.69) is 50.2 Å². The van der Waals surface area contributed by atoms with Crippen LogP contribution in [0.5, 0.6) is 0 Å². The fraction of sp³-hybridized carbons (Fsp3) is 0.636. The lowest BCUT2D eigenvalue weighted by Crippen LogP contribution is -2.21. The van der Waals surface area contributed by atoms with E-state index >= 15 is 0 Å². The fourth-order valence-electron chi connectivity index (χ4n) is 1.46. The van der Waals surface area contributed by atoms with E-state index in [-0.39, 0.29) is 0 Å². The molecule has 1 fully saturated rings. The van der Waals surface area contributed by atoms with E-state index in [4.69, 9.17) is 0 Å². The van der Waals surface area contributed by atoms with Crippen LogP contribution in [0.25, 0.3) is 0 Å². The van der Waals surface area contributed by atoms with Crippen molar-refractivity contribution in [2.45, 2.75) is 18.8 Å². The lowest BCUT2D eigenvalue weighted by Gasteiger charge is -2.11. The summed E-state index contributed by atoms with van der Waals surface area (Å²) in [5, 5.41) is 3.32. The lowest BCUT2D eigenvalue weighted by atomic mass is 10.4. The first-order valence-electron chi connectivity index (χ1n) is 5.58. The molecule has 1 aliphatic carbocycles. The Morgan fingerprint density at radius 2 is 2.19 bits per heavy atom. The fourth-order valence-corrected chi connectivity index (χ4v) is 1.86. The van der Waals surface area contributed by atoms with Crippen LogP contribution in [0.15, 0.2) is 10.7 Å². The molecule has 1 aromatic rings. The van der Waals surface area contributed by atoms with Crippen LogP contribution in [0.1, 0.15) is 24.6 Å². The van der Waals surface area contributed by atoms with Crippen LogP contribution < -0.4 is 5.32 Å². The zero-order chi connectivity index (χ0) is 11.5. The predicted molar refractivity (Wildman–Crippen MR) is 68.8 cm³/mol. The number of aromatic nitrogens is 2. The van der Waals surface area contributed by atoms with Gasteiger partial charge < -0.3 is 10.2 Å². The molecule has 0 unspecified atom stereocenters. The molecule has 0 spiro atoms. The Balaban J connectivity index is 1.97. The van der Waals surface area contributed by atoms with Crippen molar-refractivity contribution >= 4 is 21.7 Å². The highest BCUT2D eigenvalue weighted by Gasteiger charge is 2.27. The van der Waals surface area contributed by atoms with Gasteiger partial charge in [0.15, 0.2) is 0 Å². The molecule has 0 aliphatic heterocycles. The minimum absolute atomic E-state index is 0.590. The summed E-state index contributed by atoms with van der Waals surface area (Å²) in [6.07, 6.45) is 2.46. The van der Waals surface area contributed by atoms with Crippen LogP contribution in [-0.2, 0) is 0 Å². The van der Waals surface area contributed by atoms with Gasteiger partial charge in [-0.3, -0.25) is 0 Å². The van der Waals surface area contributed by atoms with Crippen LogP contribution in [-0.4, -0.2) is 42.1 Å². The van der Waals surface area contributed by atoms with Gasteiger partial charge in [0, 0.05) is 25.1 Å². The van der Waals surface area contributed by atoms with Crippen molar-refractivity contribution in [3.8, 4) is 0 Å². The van der Waals surface area contributed by atoms with E-state index in [0.29, 0.717) is 5.92 Å². The Labute approximate surface area is 105 Å². The second-order valence-electron chi connectivity index (χ2n) is 4.44. The normalized spacial score (nSPS) is 15.5. The molecule has 16 heavy (non-hydrogen) atoms. The predicted octanol–water partition coefficient (Wildman–Crippen LogP) is 2.09. The standard InChI is InChI=1S/C11H17BrN4/c1-16(2)6-5-13-10-7-9(12)14-11(15-10)8-3-4-8/h7-8H,3-6H2,1-2H3,(H,13,14,15). The number of halogens is 1. The highest BCUT2D eigenvalue weighted by Crippen LogP contribution is 2.38. The van der Waals surface area contributed by atoms with Crippen molar-refractivity contribution in [2.24, 2.45) is 0 Å². The van der Waals surface area contributed by atoms with Gasteiger partial charge in [0.05, 0.1) is 0 Å². The summed E-state index contributed by atoms with van der Waals surface area (Å²) >= 11 is 3.43. The summed E-state index contributed by atoms with van der Waals surface area (Å²) in [4.78, 5) is 11.1. The number of nitrogens with zero attached hydrogens (tertiary/aromatic N) is 3. The first-order valence-corrected chi connectivity index (χ1v) is 6.37. The van der Waals surface area contributed by atoms with Crippen molar-refractivity contribution < 1.29 is 0 Å². The van der Waals surface area contributed by atoms with Crippen LogP contribution in [0, 0.1) is 0 Å². The number of rotatable bonds is 5. The van der Waals surface area contributed by atoms with E-state index in [0.717, 1.165) is 29.3 Å². The second kappa shape index (κ2) is 5.10. The molecule has 1 aromatic heterocycles. The maximum Gasteiger partial charge on any atom is 0.135 e. The molecular formula is C11H17BrN4. The van der Waals surface area contributed by atoms with Gasteiger partial charge in [-0.25, -0.2) is 9.97 Å². The van der Waals surface area contributed by atoms with Gasteiger partial charge in [-0.15, -0.1) is 0 Å². The summed E-state index contributed by atoms with van der Waals surface area (Å²) < 4.78 is 0.872. The number of anilines is 1. The highest BCUT2D eigenvalue weighted by atomic mass is 79.9. The monoisotopic (exact) mass is 284 g/mol. The maximum absolute atomic E-state index is 4.52. The summed E-state index contributed by atoms with van der Waals surface area (Å²) in [7, 11) is 4.13. The highest BCUT2D eigenvalue weighted by molar-refractivity contribution is 9.10. The molecule has 0 saturated heterocycles. The Hall–Kier alpha value is -0.680. The molecule has 88 valence electrons.